The number of nitrogens with one attached hydrogen (secondary N) is 2. The van der Waals surface area contributed by atoms with E-state index in [9.17, 15) is 14.4 Å². The first-order valence-electron chi connectivity index (χ1n) is 9.07. The summed E-state index contributed by atoms with van der Waals surface area (Å²) in [6, 6.07) is 16.1. The Kier molecular flexibility index (Phi) is 6.49. The lowest BCUT2D eigenvalue weighted by Crippen LogP contribution is -2.30. The molecule has 1 atom stereocenters. The molecular weight excluding hydrogens is 388 g/mol. The average Bonchev–Trinajstić information content (AvgIpc) is 3.29. The molecule has 154 valence electrons. The van der Waals surface area contributed by atoms with Crippen molar-refractivity contribution < 1.29 is 28.3 Å². The van der Waals surface area contributed by atoms with Crippen molar-refractivity contribution in [1.29, 1.82) is 0 Å². The smallest absolute Gasteiger partial charge is 0.338 e. The van der Waals surface area contributed by atoms with Gasteiger partial charge in [0.05, 0.1) is 18.9 Å². The van der Waals surface area contributed by atoms with Crippen LogP contribution in [0.1, 0.15) is 27.8 Å². The van der Waals surface area contributed by atoms with E-state index in [-0.39, 0.29) is 11.3 Å². The monoisotopic (exact) mass is 408 g/mol. The summed E-state index contributed by atoms with van der Waals surface area (Å²) in [5, 5.41) is 5.31. The molecule has 2 N–H and O–H groups in total. The molecule has 0 unspecified atom stereocenters. The minimum atomic E-state index is -1.01. The lowest BCUT2D eigenvalue weighted by Gasteiger charge is -2.14. The molecule has 2 amide bonds. The van der Waals surface area contributed by atoms with Gasteiger partial charge in [0.1, 0.15) is 5.75 Å². The first-order chi connectivity index (χ1) is 14.5. The van der Waals surface area contributed by atoms with E-state index in [1.165, 1.54) is 32.4 Å². The van der Waals surface area contributed by atoms with Crippen molar-refractivity contribution in [2.45, 2.75) is 13.0 Å². The predicted octanol–water partition coefficient (Wildman–Crippen LogP) is 3.72. The van der Waals surface area contributed by atoms with E-state index in [0.717, 1.165) is 0 Å². The maximum atomic E-state index is 12.3. The fourth-order valence-corrected chi connectivity index (χ4v) is 2.52. The molecule has 0 saturated heterocycles. The maximum Gasteiger partial charge on any atom is 0.338 e. The van der Waals surface area contributed by atoms with Gasteiger partial charge in [0.25, 0.3) is 11.8 Å². The molecule has 0 radical (unpaired) electrons. The standard InChI is InChI=1S/C22H20N2O6/c1-14(20(25)24-17-5-3-6-18(13-17)28-2)30-22(27)15-8-10-16(11-9-15)23-21(26)19-7-4-12-29-19/h3-14H,1-2H3,(H,23,26)(H,24,25)/t14-/m0/s1. The molecule has 0 saturated carbocycles. The Morgan fingerprint density at radius 2 is 1.70 bits per heavy atom. The quantitative estimate of drug-likeness (QED) is 0.577. The lowest BCUT2D eigenvalue weighted by atomic mass is 10.2. The zero-order valence-electron chi connectivity index (χ0n) is 16.4. The molecule has 0 spiro atoms. The van der Waals surface area contributed by atoms with Crippen molar-refractivity contribution in [3.63, 3.8) is 0 Å². The summed E-state index contributed by atoms with van der Waals surface area (Å²) in [6.45, 7) is 1.48. The number of carbonyl (C=O) groups is 3. The summed E-state index contributed by atoms with van der Waals surface area (Å²) in [7, 11) is 1.53. The van der Waals surface area contributed by atoms with Gasteiger partial charge in [0.2, 0.25) is 0 Å². The van der Waals surface area contributed by atoms with Gasteiger partial charge in [-0.25, -0.2) is 4.79 Å². The van der Waals surface area contributed by atoms with Gasteiger partial charge in [-0.05, 0) is 55.5 Å². The summed E-state index contributed by atoms with van der Waals surface area (Å²) in [6.07, 6.45) is 0.390. The van der Waals surface area contributed by atoms with Crippen LogP contribution < -0.4 is 15.4 Å². The number of rotatable bonds is 7. The molecule has 0 fully saturated rings. The summed E-state index contributed by atoms with van der Waals surface area (Å²) in [4.78, 5) is 36.5. The van der Waals surface area contributed by atoms with Gasteiger partial charge in [-0.2, -0.15) is 0 Å². The Morgan fingerprint density at radius 3 is 2.37 bits per heavy atom. The molecule has 0 bridgehead atoms. The highest BCUT2D eigenvalue weighted by atomic mass is 16.5. The van der Waals surface area contributed by atoms with Crippen LogP contribution in [0.3, 0.4) is 0 Å². The van der Waals surface area contributed by atoms with Crippen LogP contribution in [0.25, 0.3) is 0 Å². The number of ether oxygens (including phenoxy) is 2. The van der Waals surface area contributed by atoms with E-state index in [4.69, 9.17) is 13.9 Å². The molecule has 30 heavy (non-hydrogen) atoms. The molecule has 0 aliphatic carbocycles. The summed E-state index contributed by atoms with van der Waals surface area (Å²) < 4.78 is 15.3. The van der Waals surface area contributed by atoms with Gasteiger partial charge in [-0.15, -0.1) is 0 Å². The van der Waals surface area contributed by atoms with Crippen molar-refractivity contribution in [2.24, 2.45) is 0 Å². The number of hydrogen-bond acceptors (Lipinski definition) is 6. The van der Waals surface area contributed by atoms with Gasteiger partial charge in [-0.1, -0.05) is 6.07 Å². The molecule has 8 heteroatoms. The van der Waals surface area contributed by atoms with E-state index >= 15 is 0 Å². The number of hydrogen-bond donors (Lipinski definition) is 2. The summed E-state index contributed by atoms with van der Waals surface area (Å²) >= 11 is 0. The normalized spacial score (nSPS) is 11.3. The highest BCUT2D eigenvalue weighted by Crippen LogP contribution is 2.18. The second-order valence-corrected chi connectivity index (χ2v) is 6.28. The third-order valence-electron chi connectivity index (χ3n) is 4.11. The van der Waals surface area contributed by atoms with E-state index in [2.05, 4.69) is 10.6 Å². The van der Waals surface area contributed by atoms with Crippen LogP contribution in [0.15, 0.2) is 71.3 Å². The summed E-state index contributed by atoms with van der Waals surface area (Å²) in [5.41, 5.74) is 1.25. The number of furan rings is 1. The van der Waals surface area contributed by atoms with Crippen molar-refractivity contribution >= 4 is 29.2 Å². The van der Waals surface area contributed by atoms with Crippen LogP contribution >= 0.6 is 0 Å². The van der Waals surface area contributed by atoms with Gasteiger partial charge in [0, 0.05) is 17.4 Å². The second-order valence-electron chi connectivity index (χ2n) is 6.28. The number of carbonyl (C=O) groups excluding carboxylic acids is 3. The third kappa shape index (κ3) is 5.26. The number of anilines is 2. The Bertz CT molecular complexity index is 1030. The third-order valence-corrected chi connectivity index (χ3v) is 4.11. The molecular formula is C22H20N2O6. The molecule has 8 nitrogen and oxygen atoms in total. The number of benzene rings is 2. The van der Waals surface area contributed by atoms with Crippen molar-refractivity contribution in [2.75, 3.05) is 17.7 Å². The Labute approximate surface area is 172 Å². The van der Waals surface area contributed by atoms with E-state index < -0.39 is 23.9 Å². The Balaban J connectivity index is 1.55. The minimum absolute atomic E-state index is 0.175. The predicted molar refractivity (Wildman–Crippen MR) is 110 cm³/mol. The van der Waals surface area contributed by atoms with Crippen LogP contribution in [-0.4, -0.2) is 31.0 Å². The number of amides is 2. The molecule has 2 aromatic carbocycles. The Hall–Kier alpha value is -4.07. The lowest BCUT2D eigenvalue weighted by molar-refractivity contribution is -0.123. The van der Waals surface area contributed by atoms with Crippen molar-refractivity contribution in [3.05, 3.63) is 78.3 Å². The summed E-state index contributed by atoms with van der Waals surface area (Å²) in [5.74, 6) is -0.768. The largest absolute Gasteiger partial charge is 0.497 e. The fourth-order valence-electron chi connectivity index (χ4n) is 2.52. The van der Waals surface area contributed by atoms with Crippen molar-refractivity contribution in [1.82, 2.24) is 0 Å². The van der Waals surface area contributed by atoms with E-state index in [1.807, 2.05) is 0 Å². The van der Waals surface area contributed by atoms with Crippen LogP contribution in [0.5, 0.6) is 5.75 Å². The fraction of sp³-hybridized carbons (Fsp3) is 0.136. The molecule has 3 aromatic rings. The van der Waals surface area contributed by atoms with Crippen LogP contribution in [0.4, 0.5) is 11.4 Å². The van der Waals surface area contributed by atoms with Gasteiger partial charge < -0.3 is 24.5 Å². The van der Waals surface area contributed by atoms with Crippen LogP contribution in [0.2, 0.25) is 0 Å². The molecule has 1 aromatic heterocycles. The van der Waals surface area contributed by atoms with Gasteiger partial charge >= 0.3 is 5.97 Å². The van der Waals surface area contributed by atoms with E-state index in [1.54, 1.807) is 48.5 Å². The molecule has 3 rings (SSSR count). The number of esters is 1. The first kappa shape index (κ1) is 20.7. The second kappa shape index (κ2) is 9.42. The Morgan fingerprint density at radius 1 is 0.933 bits per heavy atom. The zero-order valence-corrected chi connectivity index (χ0v) is 16.4. The first-order valence-corrected chi connectivity index (χ1v) is 9.07. The van der Waals surface area contributed by atoms with E-state index in [0.29, 0.717) is 17.1 Å². The molecule has 0 aliphatic heterocycles. The van der Waals surface area contributed by atoms with Crippen LogP contribution in [0, 0.1) is 0 Å². The number of methoxy groups -OCH3 is 1. The highest BCUT2D eigenvalue weighted by Gasteiger charge is 2.19. The van der Waals surface area contributed by atoms with Crippen molar-refractivity contribution in [3.8, 4) is 5.75 Å². The molecule has 1 heterocycles. The average molecular weight is 408 g/mol. The minimum Gasteiger partial charge on any atom is -0.497 e. The topological polar surface area (TPSA) is 107 Å². The molecule has 0 aliphatic rings. The van der Waals surface area contributed by atoms with Gasteiger partial charge in [-0.3, -0.25) is 9.59 Å². The zero-order chi connectivity index (χ0) is 21.5. The highest BCUT2D eigenvalue weighted by molar-refractivity contribution is 6.02. The maximum absolute atomic E-state index is 12.3. The SMILES string of the molecule is COc1cccc(NC(=O)[C@H](C)OC(=O)c2ccc(NC(=O)c3ccco3)cc2)c1. The van der Waals surface area contributed by atoms with Crippen LogP contribution in [-0.2, 0) is 9.53 Å². The van der Waals surface area contributed by atoms with Gasteiger partial charge in [0.15, 0.2) is 11.9 Å².